The SMILES string of the molecule is CCCCCCCC(=O)CC[C@@H]1[C@@H](CC=CCCCC(=O)NC(C)C(=O)OCc2ccc(CO[N+](=O)[O-])cc2)[C@@H](O)C[C@H]1O. The number of rotatable bonds is 22. The summed E-state index contributed by atoms with van der Waals surface area (Å²) < 4.78 is 5.26. The summed E-state index contributed by atoms with van der Waals surface area (Å²) in [4.78, 5) is 51.5. The molecule has 5 atom stereocenters. The maximum atomic E-state index is 12.3. The Labute approximate surface area is 260 Å². The second-order valence-electron chi connectivity index (χ2n) is 11.7. The topological polar surface area (TPSA) is 165 Å². The molecule has 0 saturated heterocycles. The van der Waals surface area contributed by atoms with Crippen molar-refractivity contribution in [2.75, 3.05) is 0 Å². The number of hydrogen-bond donors (Lipinski definition) is 3. The predicted octanol–water partition coefficient (Wildman–Crippen LogP) is 5.13. The number of unbranched alkanes of at least 4 members (excludes halogenated alkanes) is 5. The monoisotopic (exact) mass is 618 g/mol. The third kappa shape index (κ3) is 14.4. The first kappa shape index (κ1) is 36.9. The van der Waals surface area contributed by atoms with Gasteiger partial charge in [0.1, 0.15) is 25.0 Å². The molecule has 2 rings (SSSR count). The van der Waals surface area contributed by atoms with Gasteiger partial charge in [-0.25, -0.2) is 4.79 Å². The van der Waals surface area contributed by atoms with Crippen molar-refractivity contribution >= 4 is 17.7 Å². The first-order valence-electron chi connectivity index (χ1n) is 15.9. The molecule has 44 heavy (non-hydrogen) atoms. The van der Waals surface area contributed by atoms with Gasteiger partial charge in [-0.15, -0.1) is 10.1 Å². The van der Waals surface area contributed by atoms with E-state index in [0.717, 1.165) is 19.3 Å². The molecule has 1 aliphatic carbocycles. The molecule has 1 fully saturated rings. The van der Waals surface area contributed by atoms with E-state index in [4.69, 9.17) is 4.74 Å². The number of hydrogen-bond acceptors (Lipinski definition) is 9. The Kier molecular flexibility index (Phi) is 17.3. The molecule has 0 bridgehead atoms. The summed E-state index contributed by atoms with van der Waals surface area (Å²) in [6, 6.07) is 5.83. The zero-order chi connectivity index (χ0) is 32.3. The standard InChI is InChI=1S/C33H50N2O9/c1-3-4-5-6-9-12-27(36)19-20-29-28(30(37)21-31(29)38)13-10-7-8-11-14-32(39)34-24(2)33(40)43-22-25-15-17-26(18-16-25)23-44-35(41)42/h7,10,15-18,24,28-31,37-38H,3-6,8-9,11-14,19-23H2,1-2H3,(H,34,39)/t24?,28-,29-,30+,31-/m1/s1. The van der Waals surface area contributed by atoms with Crippen LogP contribution in [0.1, 0.15) is 108 Å². The first-order valence-corrected chi connectivity index (χ1v) is 15.9. The third-order valence-electron chi connectivity index (χ3n) is 8.16. The van der Waals surface area contributed by atoms with Gasteiger partial charge in [0.15, 0.2) is 0 Å². The van der Waals surface area contributed by atoms with E-state index in [9.17, 15) is 34.7 Å². The average Bonchev–Trinajstić information content (AvgIpc) is 3.26. The number of aliphatic hydroxyl groups excluding tert-OH is 2. The molecule has 11 heteroatoms. The molecule has 0 heterocycles. The van der Waals surface area contributed by atoms with E-state index in [0.29, 0.717) is 56.1 Å². The second-order valence-corrected chi connectivity index (χ2v) is 11.7. The number of benzene rings is 1. The van der Waals surface area contributed by atoms with Crippen LogP contribution in [0.4, 0.5) is 0 Å². The van der Waals surface area contributed by atoms with Crippen molar-refractivity contribution in [3.63, 3.8) is 0 Å². The number of amides is 1. The Hall–Kier alpha value is -3.31. The van der Waals surface area contributed by atoms with Crippen LogP contribution in [-0.2, 0) is 37.2 Å². The minimum atomic E-state index is -0.864. The molecule has 11 nitrogen and oxygen atoms in total. The van der Waals surface area contributed by atoms with Crippen molar-refractivity contribution in [1.82, 2.24) is 5.32 Å². The number of ketones is 1. The summed E-state index contributed by atoms with van der Waals surface area (Å²) >= 11 is 0. The summed E-state index contributed by atoms with van der Waals surface area (Å²) in [5, 5.41) is 33.0. The van der Waals surface area contributed by atoms with Crippen LogP contribution in [-0.4, -0.2) is 51.2 Å². The van der Waals surface area contributed by atoms with Gasteiger partial charge >= 0.3 is 5.97 Å². The third-order valence-corrected chi connectivity index (χ3v) is 8.16. The Morgan fingerprint density at radius 1 is 0.955 bits per heavy atom. The molecule has 246 valence electrons. The summed E-state index contributed by atoms with van der Waals surface area (Å²) in [6.45, 7) is 3.56. The fourth-order valence-electron chi connectivity index (χ4n) is 5.55. The van der Waals surface area contributed by atoms with E-state index in [1.54, 1.807) is 31.2 Å². The molecular weight excluding hydrogens is 568 g/mol. The van der Waals surface area contributed by atoms with Gasteiger partial charge in [-0.1, -0.05) is 69.0 Å². The van der Waals surface area contributed by atoms with Gasteiger partial charge in [-0.05, 0) is 68.4 Å². The highest BCUT2D eigenvalue weighted by Crippen LogP contribution is 2.38. The number of allylic oxidation sites excluding steroid dienone is 2. The van der Waals surface area contributed by atoms with Gasteiger partial charge < -0.3 is 25.1 Å². The summed E-state index contributed by atoms with van der Waals surface area (Å²) in [5.41, 5.74) is 1.30. The molecule has 1 aromatic carbocycles. The first-order chi connectivity index (χ1) is 21.1. The summed E-state index contributed by atoms with van der Waals surface area (Å²) in [7, 11) is 0. The van der Waals surface area contributed by atoms with E-state index in [1.807, 2.05) is 12.2 Å². The number of carbonyl (C=O) groups is 3. The van der Waals surface area contributed by atoms with Crippen LogP contribution < -0.4 is 5.32 Å². The van der Waals surface area contributed by atoms with Crippen molar-refractivity contribution in [3.8, 4) is 0 Å². The zero-order valence-electron chi connectivity index (χ0n) is 26.2. The van der Waals surface area contributed by atoms with Crippen LogP contribution in [0, 0.1) is 22.0 Å². The number of ether oxygens (including phenoxy) is 1. The molecular formula is C33H50N2O9. The summed E-state index contributed by atoms with van der Waals surface area (Å²) in [6.07, 6.45) is 12.4. The van der Waals surface area contributed by atoms with E-state index >= 15 is 0 Å². The maximum Gasteiger partial charge on any atom is 0.328 e. The molecule has 0 aliphatic heterocycles. The van der Waals surface area contributed by atoms with E-state index in [-0.39, 0.29) is 43.2 Å². The number of carbonyl (C=O) groups excluding carboxylic acids is 3. The lowest BCUT2D eigenvalue weighted by molar-refractivity contribution is -0.763. The van der Waals surface area contributed by atoms with Gasteiger partial charge in [0, 0.05) is 19.3 Å². The fraction of sp³-hybridized carbons (Fsp3) is 0.667. The van der Waals surface area contributed by atoms with Gasteiger partial charge in [0.05, 0.1) is 12.2 Å². The van der Waals surface area contributed by atoms with Crippen LogP contribution in [0.3, 0.4) is 0 Å². The smallest absolute Gasteiger partial charge is 0.328 e. The fourth-order valence-corrected chi connectivity index (χ4v) is 5.55. The Balaban J connectivity index is 1.63. The molecule has 1 amide bonds. The van der Waals surface area contributed by atoms with Crippen LogP contribution >= 0.6 is 0 Å². The number of esters is 1. The van der Waals surface area contributed by atoms with Crippen molar-refractivity contribution in [2.24, 2.45) is 11.8 Å². The molecule has 1 unspecified atom stereocenters. The molecule has 1 aromatic rings. The lowest BCUT2D eigenvalue weighted by atomic mass is 9.86. The Morgan fingerprint density at radius 3 is 2.30 bits per heavy atom. The largest absolute Gasteiger partial charge is 0.459 e. The van der Waals surface area contributed by atoms with Crippen molar-refractivity contribution < 1.29 is 39.3 Å². The molecule has 0 spiro atoms. The van der Waals surface area contributed by atoms with Crippen LogP contribution in [0.15, 0.2) is 36.4 Å². The minimum Gasteiger partial charge on any atom is -0.459 e. The molecule has 0 radical (unpaired) electrons. The van der Waals surface area contributed by atoms with Crippen molar-refractivity contribution in [1.29, 1.82) is 0 Å². The number of nitrogens with zero attached hydrogens (tertiary/aromatic N) is 1. The van der Waals surface area contributed by atoms with Gasteiger partial charge in [0.2, 0.25) is 5.91 Å². The van der Waals surface area contributed by atoms with Gasteiger partial charge in [-0.3, -0.25) is 9.59 Å². The number of aliphatic hydroxyl groups is 2. The van der Waals surface area contributed by atoms with Gasteiger partial charge in [-0.2, -0.15) is 0 Å². The summed E-state index contributed by atoms with van der Waals surface area (Å²) in [5.74, 6) is -0.781. The molecule has 1 saturated carbocycles. The normalized spacial score (nSPS) is 20.4. The highest BCUT2D eigenvalue weighted by molar-refractivity contribution is 5.84. The van der Waals surface area contributed by atoms with Crippen molar-refractivity contribution in [3.05, 3.63) is 57.7 Å². The van der Waals surface area contributed by atoms with E-state index in [2.05, 4.69) is 17.1 Å². The van der Waals surface area contributed by atoms with E-state index in [1.165, 1.54) is 12.8 Å². The van der Waals surface area contributed by atoms with Crippen LogP contribution in [0.2, 0.25) is 0 Å². The van der Waals surface area contributed by atoms with E-state index < -0.39 is 29.3 Å². The average molecular weight is 619 g/mol. The predicted molar refractivity (Wildman–Crippen MR) is 164 cm³/mol. The lowest BCUT2D eigenvalue weighted by Crippen LogP contribution is -2.39. The molecule has 3 N–H and O–H groups in total. The van der Waals surface area contributed by atoms with Gasteiger partial charge in [0.25, 0.3) is 5.09 Å². The maximum absolute atomic E-state index is 12.3. The zero-order valence-corrected chi connectivity index (χ0v) is 26.2. The minimum absolute atomic E-state index is 0.00320. The van der Waals surface area contributed by atoms with Crippen LogP contribution in [0.25, 0.3) is 0 Å². The molecule has 1 aliphatic rings. The highest BCUT2D eigenvalue weighted by Gasteiger charge is 2.40. The second kappa shape index (κ2) is 20.6. The Morgan fingerprint density at radius 2 is 1.61 bits per heavy atom. The Bertz CT molecular complexity index is 1060. The lowest BCUT2D eigenvalue weighted by Gasteiger charge is -2.22. The number of nitrogens with one attached hydrogen (secondary N) is 1. The number of Topliss-reactive ketones (excluding diaryl/α,β-unsaturated/α-hetero) is 1. The van der Waals surface area contributed by atoms with Crippen molar-refractivity contribution in [2.45, 2.75) is 129 Å². The quantitative estimate of drug-likeness (QED) is 0.0525. The molecule has 0 aromatic heterocycles. The highest BCUT2D eigenvalue weighted by atomic mass is 16.9. The van der Waals surface area contributed by atoms with Crippen LogP contribution in [0.5, 0.6) is 0 Å².